The van der Waals surface area contributed by atoms with E-state index in [0.717, 1.165) is 5.56 Å². The quantitative estimate of drug-likeness (QED) is 0.639. The van der Waals surface area contributed by atoms with Gasteiger partial charge in [0.05, 0.1) is 5.56 Å². The third kappa shape index (κ3) is 4.95. The van der Waals surface area contributed by atoms with E-state index in [0.29, 0.717) is 11.3 Å². The highest BCUT2D eigenvalue weighted by atomic mass is 16.5. The highest BCUT2D eigenvalue weighted by Gasteiger charge is 2.10. The molecule has 0 atom stereocenters. The standard InChI is InChI=1S/C20H18N2O4/c1-22(2)19(23)17(12-21)10-14-6-8-18(9-7-14)26-13-15-4-3-5-16(11-15)20(24)25/h3-11H,13H2,1-2H3,(H,24,25)/b17-10-. The van der Waals surface area contributed by atoms with Crippen LogP contribution >= 0.6 is 0 Å². The zero-order valence-corrected chi connectivity index (χ0v) is 14.5. The first-order valence-corrected chi connectivity index (χ1v) is 7.79. The van der Waals surface area contributed by atoms with E-state index in [1.807, 2.05) is 6.07 Å². The van der Waals surface area contributed by atoms with Crippen LogP contribution in [0.15, 0.2) is 54.1 Å². The first-order valence-electron chi connectivity index (χ1n) is 7.79. The molecule has 0 unspecified atom stereocenters. The molecule has 0 aromatic heterocycles. The van der Waals surface area contributed by atoms with Gasteiger partial charge in [0.25, 0.3) is 5.91 Å². The van der Waals surface area contributed by atoms with Gasteiger partial charge in [-0.15, -0.1) is 0 Å². The molecule has 0 spiro atoms. The summed E-state index contributed by atoms with van der Waals surface area (Å²) in [7, 11) is 3.17. The summed E-state index contributed by atoms with van der Waals surface area (Å²) in [5.41, 5.74) is 1.71. The van der Waals surface area contributed by atoms with Crippen molar-refractivity contribution in [1.29, 1.82) is 5.26 Å². The van der Waals surface area contributed by atoms with Crippen LogP contribution in [0.2, 0.25) is 0 Å². The Morgan fingerprint density at radius 1 is 1.19 bits per heavy atom. The SMILES string of the molecule is CN(C)C(=O)/C(C#N)=C\c1ccc(OCc2cccc(C(=O)O)c2)cc1. The van der Waals surface area contributed by atoms with Gasteiger partial charge in [0.2, 0.25) is 0 Å². The Kier molecular flexibility index (Phi) is 6.12. The molecule has 2 aromatic rings. The summed E-state index contributed by atoms with van der Waals surface area (Å²) in [6, 6.07) is 15.4. The van der Waals surface area contributed by atoms with Gasteiger partial charge in [-0.2, -0.15) is 5.26 Å². The first kappa shape index (κ1) is 18.7. The number of carboxylic acids is 1. The van der Waals surface area contributed by atoms with Crippen LogP contribution in [-0.2, 0) is 11.4 Å². The number of rotatable bonds is 6. The van der Waals surface area contributed by atoms with Crippen molar-refractivity contribution in [2.75, 3.05) is 14.1 Å². The minimum Gasteiger partial charge on any atom is -0.489 e. The smallest absolute Gasteiger partial charge is 0.335 e. The van der Waals surface area contributed by atoms with Crippen LogP contribution in [0.25, 0.3) is 6.08 Å². The Morgan fingerprint density at radius 3 is 2.46 bits per heavy atom. The van der Waals surface area contributed by atoms with Crippen molar-refractivity contribution in [2.45, 2.75) is 6.61 Å². The predicted octanol–water partition coefficient (Wildman–Crippen LogP) is 2.96. The second-order valence-electron chi connectivity index (χ2n) is 5.73. The highest BCUT2D eigenvalue weighted by molar-refractivity contribution is 6.01. The molecule has 0 aliphatic carbocycles. The number of benzene rings is 2. The second kappa shape index (κ2) is 8.49. The summed E-state index contributed by atoms with van der Waals surface area (Å²) in [6.45, 7) is 0.235. The van der Waals surface area contributed by atoms with Crippen molar-refractivity contribution in [2.24, 2.45) is 0 Å². The molecule has 1 amide bonds. The van der Waals surface area contributed by atoms with E-state index in [-0.39, 0.29) is 23.7 Å². The molecule has 0 radical (unpaired) electrons. The number of carbonyl (C=O) groups is 2. The van der Waals surface area contributed by atoms with Crippen molar-refractivity contribution >= 4 is 18.0 Å². The molecule has 0 bridgehead atoms. The Hall–Kier alpha value is -3.59. The summed E-state index contributed by atoms with van der Waals surface area (Å²) in [6.07, 6.45) is 1.52. The lowest BCUT2D eigenvalue weighted by atomic mass is 10.1. The molecular formula is C20H18N2O4. The highest BCUT2D eigenvalue weighted by Crippen LogP contribution is 2.17. The van der Waals surface area contributed by atoms with Gasteiger partial charge < -0.3 is 14.7 Å². The number of hydrogen-bond acceptors (Lipinski definition) is 4. The molecule has 132 valence electrons. The van der Waals surface area contributed by atoms with Crippen LogP contribution in [0.3, 0.4) is 0 Å². The molecule has 6 nitrogen and oxygen atoms in total. The van der Waals surface area contributed by atoms with E-state index in [1.54, 1.807) is 56.6 Å². The third-order valence-electron chi connectivity index (χ3n) is 3.53. The summed E-state index contributed by atoms with van der Waals surface area (Å²) in [5.74, 6) is -0.741. The Balaban J connectivity index is 2.06. The van der Waals surface area contributed by atoms with Gasteiger partial charge in [-0.25, -0.2) is 4.79 Å². The van der Waals surface area contributed by atoms with Gasteiger partial charge in [0.15, 0.2) is 0 Å². The van der Waals surface area contributed by atoms with Crippen molar-refractivity contribution in [3.8, 4) is 11.8 Å². The molecule has 0 fully saturated rings. The number of hydrogen-bond donors (Lipinski definition) is 1. The van der Waals surface area contributed by atoms with Crippen LogP contribution in [0.1, 0.15) is 21.5 Å². The van der Waals surface area contributed by atoms with E-state index in [1.165, 1.54) is 17.0 Å². The Labute approximate surface area is 151 Å². The van der Waals surface area contributed by atoms with Crippen LogP contribution in [0.4, 0.5) is 0 Å². The van der Waals surface area contributed by atoms with Gasteiger partial charge in [-0.1, -0.05) is 24.3 Å². The maximum atomic E-state index is 11.8. The van der Waals surface area contributed by atoms with Gasteiger partial charge in [0.1, 0.15) is 24.0 Å². The van der Waals surface area contributed by atoms with Crippen molar-refractivity contribution in [1.82, 2.24) is 4.90 Å². The fourth-order valence-corrected chi connectivity index (χ4v) is 2.17. The summed E-state index contributed by atoms with van der Waals surface area (Å²) in [4.78, 5) is 24.2. The van der Waals surface area contributed by atoms with Crippen LogP contribution < -0.4 is 4.74 Å². The molecular weight excluding hydrogens is 332 g/mol. The average molecular weight is 350 g/mol. The molecule has 26 heavy (non-hydrogen) atoms. The minimum absolute atomic E-state index is 0.0501. The van der Waals surface area contributed by atoms with E-state index in [2.05, 4.69) is 0 Å². The van der Waals surface area contributed by atoms with E-state index >= 15 is 0 Å². The lowest BCUT2D eigenvalue weighted by Crippen LogP contribution is -2.22. The molecule has 6 heteroatoms. The van der Waals surface area contributed by atoms with Crippen molar-refractivity contribution in [3.05, 3.63) is 70.8 Å². The van der Waals surface area contributed by atoms with Gasteiger partial charge in [-0.3, -0.25) is 4.79 Å². The molecule has 2 rings (SSSR count). The number of carbonyl (C=O) groups excluding carboxylic acids is 1. The zero-order chi connectivity index (χ0) is 19.1. The van der Waals surface area contributed by atoms with Gasteiger partial charge in [0, 0.05) is 14.1 Å². The van der Waals surface area contributed by atoms with E-state index in [9.17, 15) is 9.59 Å². The largest absolute Gasteiger partial charge is 0.489 e. The van der Waals surface area contributed by atoms with Crippen LogP contribution in [0, 0.1) is 11.3 Å². The molecule has 0 saturated carbocycles. The first-order chi connectivity index (χ1) is 12.4. The number of ether oxygens (including phenoxy) is 1. The maximum absolute atomic E-state index is 11.8. The fourth-order valence-electron chi connectivity index (χ4n) is 2.17. The number of nitriles is 1. The third-order valence-corrected chi connectivity index (χ3v) is 3.53. The molecule has 0 aliphatic rings. The second-order valence-corrected chi connectivity index (χ2v) is 5.73. The maximum Gasteiger partial charge on any atom is 0.335 e. The number of aromatic carboxylic acids is 1. The zero-order valence-electron chi connectivity index (χ0n) is 14.5. The number of nitrogens with zero attached hydrogens (tertiary/aromatic N) is 2. The topological polar surface area (TPSA) is 90.6 Å². The summed E-state index contributed by atoms with van der Waals surface area (Å²) >= 11 is 0. The Morgan fingerprint density at radius 2 is 1.88 bits per heavy atom. The molecule has 1 N–H and O–H groups in total. The van der Waals surface area contributed by atoms with Crippen LogP contribution in [-0.4, -0.2) is 36.0 Å². The van der Waals surface area contributed by atoms with E-state index in [4.69, 9.17) is 15.1 Å². The van der Waals surface area contributed by atoms with Gasteiger partial charge >= 0.3 is 5.97 Å². The minimum atomic E-state index is -0.983. The lowest BCUT2D eigenvalue weighted by Gasteiger charge is -2.09. The fraction of sp³-hybridized carbons (Fsp3) is 0.150. The molecule has 0 saturated heterocycles. The molecule has 0 aliphatic heterocycles. The average Bonchev–Trinajstić information content (AvgIpc) is 2.65. The molecule has 2 aromatic carbocycles. The summed E-state index contributed by atoms with van der Waals surface area (Å²) in [5, 5.41) is 18.1. The number of likely N-dealkylation sites (N-methyl/N-ethyl adjacent to an activating group) is 1. The van der Waals surface area contributed by atoms with Crippen molar-refractivity contribution < 1.29 is 19.4 Å². The Bertz CT molecular complexity index is 877. The van der Waals surface area contributed by atoms with Crippen molar-refractivity contribution in [3.63, 3.8) is 0 Å². The number of carboxylic acid groups (broad SMARTS) is 1. The predicted molar refractivity (Wildman–Crippen MR) is 96.5 cm³/mol. The van der Waals surface area contributed by atoms with Crippen LogP contribution in [0.5, 0.6) is 5.75 Å². The monoisotopic (exact) mass is 350 g/mol. The number of amides is 1. The summed E-state index contributed by atoms with van der Waals surface area (Å²) < 4.78 is 5.64. The van der Waals surface area contributed by atoms with E-state index < -0.39 is 5.97 Å². The van der Waals surface area contributed by atoms with Gasteiger partial charge in [-0.05, 0) is 41.5 Å². The lowest BCUT2D eigenvalue weighted by molar-refractivity contribution is -0.124. The molecule has 0 heterocycles. The normalized spacial score (nSPS) is 10.7.